The maximum absolute atomic E-state index is 13.4. The van der Waals surface area contributed by atoms with E-state index in [4.69, 9.17) is 0 Å². The molecule has 3 rings (SSSR count). The Morgan fingerprint density at radius 2 is 1.96 bits per heavy atom. The number of nitrogens with zero attached hydrogens (tertiary/aromatic N) is 1. The van der Waals surface area contributed by atoms with E-state index in [0.717, 1.165) is 18.4 Å². The first kappa shape index (κ1) is 19.5. The number of carbonyl (C=O) groups is 1. The molecule has 1 heterocycles. The second-order valence-electron chi connectivity index (χ2n) is 7.35. The summed E-state index contributed by atoms with van der Waals surface area (Å²) >= 11 is 0. The fourth-order valence-electron chi connectivity index (χ4n) is 3.58. The van der Waals surface area contributed by atoms with Crippen LogP contribution >= 0.6 is 0 Å². The zero-order valence-electron chi connectivity index (χ0n) is 15.7. The van der Waals surface area contributed by atoms with Crippen molar-refractivity contribution in [2.75, 3.05) is 19.6 Å². The maximum atomic E-state index is 13.4. The molecule has 2 N–H and O–H groups in total. The number of benzene rings is 2. The second kappa shape index (κ2) is 8.63. The first-order valence-electron chi connectivity index (χ1n) is 9.49. The lowest BCUT2D eigenvalue weighted by atomic mass is 9.91. The Kier molecular flexibility index (Phi) is 6.24. The van der Waals surface area contributed by atoms with Gasteiger partial charge in [-0.15, -0.1) is 0 Å². The zero-order valence-corrected chi connectivity index (χ0v) is 15.7. The highest BCUT2D eigenvalue weighted by atomic mass is 19.1. The molecule has 1 aliphatic heterocycles. The molecule has 1 fully saturated rings. The molecule has 0 aromatic heterocycles. The van der Waals surface area contributed by atoms with Crippen LogP contribution in [0.1, 0.15) is 29.5 Å². The van der Waals surface area contributed by atoms with Crippen LogP contribution in [0.25, 0.3) is 0 Å². The number of hydrogen-bond donors (Lipinski definition) is 2. The van der Waals surface area contributed by atoms with Gasteiger partial charge in [0.25, 0.3) is 5.91 Å². The van der Waals surface area contributed by atoms with Crippen LogP contribution in [0.5, 0.6) is 0 Å². The quantitative estimate of drug-likeness (QED) is 0.788. The average molecular weight is 370 g/mol. The summed E-state index contributed by atoms with van der Waals surface area (Å²) in [4.78, 5) is 14.6. The van der Waals surface area contributed by atoms with Crippen LogP contribution in [0.4, 0.5) is 4.39 Å². The number of rotatable bonds is 7. The van der Waals surface area contributed by atoms with Crippen LogP contribution in [0.2, 0.25) is 0 Å². The van der Waals surface area contributed by atoms with Gasteiger partial charge in [0.2, 0.25) is 0 Å². The van der Waals surface area contributed by atoms with E-state index in [0.29, 0.717) is 31.6 Å². The summed E-state index contributed by atoms with van der Waals surface area (Å²) in [6, 6.07) is 15.0. The molecule has 0 bridgehead atoms. The molecule has 144 valence electrons. The van der Waals surface area contributed by atoms with Gasteiger partial charge in [0.1, 0.15) is 5.82 Å². The molecule has 5 heteroatoms. The SMILES string of the molecule is Cc1cc(CNCC2(O)CCCN(CCc3ccccc3)C2=O)ccc1F. The Morgan fingerprint density at radius 1 is 1.19 bits per heavy atom. The number of piperidine rings is 1. The molecule has 2 aromatic rings. The van der Waals surface area contributed by atoms with Gasteiger partial charge in [-0.2, -0.15) is 0 Å². The first-order chi connectivity index (χ1) is 13.0. The van der Waals surface area contributed by atoms with Crippen LogP contribution in [0.15, 0.2) is 48.5 Å². The molecular formula is C22H27FN2O2. The van der Waals surface area contributed by atoms with E-state index in [1.165, 1.54) is 11.6 Å². The van der Waals surface area contributed by atoms with Crippen molar-refractivity contribution < 1.29 is 14.3 Å². The lowest BCUT2D eigenvalue weighted by Gasteiger charge is -2.38. The third-order valence-electron chi connectivity index (χ3n) is 5.19. The molecule has 2 aromatic carbocycles. The predicted molar refractivity (Wildman–Crippen MR) is 104 cm³/mol. The topological polar surface area (TPSA) is 52.6 Å². The van der Waals surface area contributed by atoms with E-state index in [1.54, 1.807) is 24.0 Å². The van der Waals surface area contributed by atoms with E-state index in [2.05, 4.69) is 5.32 Å². The van der Waals surface area contributed by atoms with Crippen molar-refractivity contribution >= 4 is 5.91 Å². The summed E-state index contributed by atoms with van der Waals surface area (Å²) in [7, 11) is 0. The molecule has 1 saturated heterocycles. The minimum absolute atomic E-state index is 0.199. The molecule has 1 unspecified atom stereocenters. The Morgan fingerprint density at radius 3 is 2.70 bits per heavy atom. The normalized spacial score (nSPS) is 20.1. The van der Waals surface area contributed by atoms with Crippen molar-refractivity contribution in [3.8, 4) is 0 Å². The Labute approximate surface area is 160 Å². The van der Waals surface area contributed by atoms with Gasteiger partial charge in [-0.1, -0.05) is 42.5 Å². The Hall–Kier alpha value is -2.24. The van der Waals surface area contributed by atoms with Crippen LogP contribution in [0.3, 0.4) is 0 Å². The Bertz CT molecular complexity index is 781. The fraction of sp³-hybridized carbons (Fsp3) is 0.409. The number of aryl methyl sites for hydroxylation is 1. The van der Waals surface area contributed by atoms with Crippen LogP contribution in [-0.2, 0) is 17.8 Å². The highest BCUT2D eigenvalue weighted by molar-refractivity contribution is 5.86. The summed E-state index contributed by atoms with van der Waals surface area (Å²) in [5.74, 6) is -0.429. The summed E-state index contributed by atoms with van der Waals surface area (Å²) in [6.45, 7) is 3.71. The van der Waals surface area contributed by atoms with Crippen molar-refractivity contribution in [1.82, 2.24) is 10.2 Å². The van der Waals surface area contributed by atoms with Gasteiger partial charge in [0.05, 0.1) is 0 Å². The van der Waals surface area contributed by atoms with E-state index in [1.807, 2.05) is 30.3 Å². The van der Waals surface area contributed by atoms with Crippen LogP contribution in [0, 0.1) is 12.7 Å². The second-order valence-corrected chi connectivity index (χ2v) is 7.35. The lowest BCUT2D eigenvalue weighted by Crippen LogP contribution is -2.58. The van der Waals surface area contributed by atoms with Gasteiger partial charge >= 0.3 is 0 Å². The monoisotopic (exact) mass is 370 g/mol. The fourth-order valence-corrected chi connectivity index (χ4v) is 3.58. The molecule has 1 amide bonds. The number of hydrogen-bond acceptors (Lipinski definition) is 3. The largest absolute Gasteiger partial charge is 0.379 e. The number of likely N-dealkylation sites (tertiary alicyclic amines) is 1. The van der Waals surface area contributed by atoms with Gasteiger partial charge < -0.3 is 15.3 Å². The number of nitrogens with one attached hydrogen (secondary N) is 1. The summed E-state index contributed by atoms with van der Waals surface area (Å²) in [5.41, 5.74) is 1.34. The number of amides is 1. The third kappa shape index (κ3) is 4.93. The van der Waals surface area contributed by atoms with Crippen LogP contribution < -0.4 is 5.32 Å². The van der Waals surface area contributed by atoms with E-state index in [9.17, 15) is 14.3 Å². The minimum atomic E-state index is -1.37. The molecule has 27 heavy (non-hydrogen) atoms. The zero-order chi connectivity index (χ0) is 19.3. The first-order valence-corrected chi connectivity index (χ1v) is 9.49. The van der Waals surface area contributed by atoms with E-state index in [-0.39, 0.29) is 18.3 Å². The van der Waals surface area contributed by atoms with Gasteiger partial charge in [-0.3, -0.25) is 4.79 Å². The van der Waals surface area contributed by atoms with E-state index < -0.39 is 5.60 Å². The van der Waals surface area contributed by atoms with Crippen molar-refractivity contribution in [1.29, 1.82) is 0 Å². The maximum Gasteiger partial charge on any atom is 0.255 e. The highest BCUT2D eigenvalue weighted by Gasteiger charge is 2.41. The van der Waals surface area contributed by atoms with Crippen molar-refractivity contribution in [2.24, 2.45) is 0 Å². The number of halogens is 1. The van der Waals surface area contributed by atoms with Crippen LogP contribution in [-0.4, -0.2) is 41.1 Å². The minimum Gasteiger partial charge on any atom is -0.379 e. The number of aliphatic hydroxyl groups is 1. The smallest absolute Gasteiger partial charge is 0.255 e. The van der Waals surface area contributed by atoms with Gasteiger partial charge in [-0.25, -0.2) is 4.39 Å². The molecule has 0 saturated carbocycles. The van der Waals surface area contributed by atoms with Crippen molar-refractivity contribution in [3.63, 3.8) is 0 Å². The molecule has 1 atom stereocenters. The molecule has 0 aliphatic carbocycles. The molecule has 1 aliphatic rings. The predicted octanol–water partition coefficient (Wildman–Crippen LogP) is 2.82. The third-order valence-corrected chi connectivity index (χ3v) is 5.19. The highest BCUT2D eigenvalue weighted by Crippen LogP contribution is 2.23. The molecule has 4 nitrogen and oxygen atoms in total. The van der Waals surface area contributed by atoms with Crippen molar-refractivity contribution in [2.45, 2.75) is 38.3 Å². The van der Waals surface area contributed by atoms with Crippen molar-refractivity contribution in [3.05, 3.63) is 71.0 Å². The average Bonchev–Trinajstić information content (AvgIpc) is 2.67. The summed E-state index contributed by atoms with van der Waals surface area (Å²) < 4.78 is 13.4. The Balaban J connectivity index is 1.54. The standard InChI is InChI=1S/C22H27FN2O2/c1-17-14-19(8-9-20(17)23)15-24-16-22(27)11-5-12-25(21(22)26)13-10-18-6-3-2-4-7-18/h2-4,6-9,14,24,27H,5,10-13,15-16H2,1H3. The molecule has 0 spiro atoms. The molecule has 0 radical (unpaired) electrons. The summed E-state index contributed by atoms with van der Waals surface area (Å²) in [6.07, 6.45) is 2.03. The van der Waals surface area contributed by atoms with Gasteiger partial charge in [0.15, 0.2) is 5.60 Å². The van der Waals surface area contributed by atoms with Gasteiger partial charge in [0, 0.05) is 26.2 Å². The van der Waals surface area contributed by atoms with Gasteiger partial charge in [-0.05, 0) is 48.9 Å². The lowest BCUT2D eigenvalue weighted by molar-refractivity contribution is -0.156. The summed E-state index contributed by atoms with van der Waals surface area (Å²) in [5, 5.41) is 14.0. The molecular weight excluding hydrogens is 343 g/mol. The number of carbonyl (C=O) groups excluding carboxylic acids is 1. The van der Waals surface area contributed by atoms with E-state index >= 15 is 0 Å².